The first kappa shape index (κ1) is 13.3. The molecule has 1 aliphatic carbocycles. The molecule has 1 fully saturated rings. The number of rotatable bonds is 4. The summed E-state index contributed by atoms with van der Waals surface area (Å²) < 4.78 is 0. The van der Waals surface area contributed by atoms with Crippen molar-refractivity contribution < 1.29 is 9.90 Å². The SMILES string of the molecule is CCCC1(C(=O)O)CCCN1c1ncnc2c1CCC2. The number of carbonyl (C=O) groups is 1. The van der Waals surface area contributed by atoms with Gasteiger partial charge in [0, 0.05) is 17.8 Å². The molecule has 1 unspecified atom stereocenters. The molecule has 1 saturated heterocycles. The maximum atomic E-state index is 11.9. The van der Waals surface area contributed by atoms with E-state index >= 15 is 0 Å². The van der Waals surface area contributed by atoms with Gasteiger partial charge in [-0.3, -0.25) is 0 Å². The summed E-state index contributed by atoms with van der Waals surface area (Å²) in [5.74, 6) is 0.169. The van der Waals surface area contributed by atoms with E-state index in [4.69, 9.17) is 0 Å². The molecule has 0 bridgehead atoms. The van der Waals surface area contributed by atoms with Crippen molar-refractivity contribution in [2.45, 2.75) is 57.4 Å². The summed E-state index contributed by atoms with van der Waals surface area (Å²) in [7, 11) is 0. The van der Waals surface area contributed by atoms with Crippen LogP contribution in [0, 0.1) is 0 Å². The number of carboxylic acid groups (broad SMARTS) is 1. The number of fused-ring (bicyclic) bond motifs is 1. The summed E-state index contributed by atoms with van der Waals surface area (Å²) in [6, 6.07) is 0. The lowest BCUT2D eigenvalue weighted by Crippen LogP contribution is -2.51. The van der Waals surface area contributed by atoms with Crippen molar-refractivity contribution in [3.8, 4) is 0 Å². The van der Waals surface area contributed by atoms with Crippen molar-refractivity contribution in [2.75, 3.05) is 11.4 Å². The number of aromatic nitrogens is 2. The zero-order valence-electron chi connectivity index (χ0n) is 11.9. The normalized spacial score (nSPS) is 24.9. The van der Waals surface area contributed by atoms with Crippen molar-refractivity contribution >= 4 is 11.8 Å². The van der Waals surface area contributed by atoms with E-state index in [0.717, 1.165) is 56.6 Å². The lowest BCUT2D eigenvalue weighted by atomic mass is 9.90. The van der Waals surface area contributed by atoms with Gasteiger partial charge in [-0.05, 0) is 38.5 Å². The number of aryl methyl sites for hydroxylation is 1. The molecule has 5 nitrogen and oxygen atoms in total. The zero-order chi connectivity index (χ0) is 14.2. The highest BCUT2D eigenvalue weighted by Crippen LogP contribution is 2.40. The van der Waals surface area contributed by atoms with Crippen molar-refractivity contribution in [1.82, 2.24) is 9.97 Å². The molecule has 108 valence electrons. The molecule has 1 aromatic rings. The van der Waals surface area contributed by atoms with Crippen LogP contribution in [0.3, 0.4) is 0 Å². The van der Waals surface area contributed by atoms with Gasteiger partial charge in [0.1, 0.15) is 17.7 Å². The second-order valence-electron chi connectivity index (χ2n) is 5.82. The summed E-state index contributed by atoms with van der Waals surface area (Å²) >= 11 is 0. The van der Waals surface area contributed by atoms with Gasteiger partial charge in [0.25, 0.3) is 0 Å². The molecule has 5 heteroatoms. The molecule has 0 radical (unpaired) electrons. The third-order valence-corrected chi connectivity index (χ3v) is 4.66. The summed E-state index contributed by atoms with van der Waals surface area (Å²) in [6.45, 7) is 2.83. The van der Waals surface area contributed by atoms with Gasteiger partial charge in [0.15, 0.2) is 0 Å². The van der Waals surface area contributed by atoms with E-state index in [9.17, 15) is 9.90 Å². The maximum absolute atomic E-state index is 11.9. The van der Waals surface area contributed by atoms with Crippen LogP contribution >= 0.6 is 0 Å². The molecule has 0 aromatic carbocycles. The standard InChI is InChI=1S/C15H21N3O2/c1-2-7-15(14(19)20)8-4-9-18(15)13-11-5-3-6-12(11)16-10-17-13/h10H,2-9H2,1H3,(H,19,20). The van der Waals surface area contributed by atoms with E-state index in [2.05, 4.69) is 9.97 Å². The lowest BCUT2D eigenvalue weighted by molar-refractivity contribution is -0.143. The summed E-state index contributed by atoms with van der Waals surface area (Å²) in [5, 5.41) is 9.79. The second-order valence-corrected chi connectivity index (χ2v) is 5.82. The van der Waals surface area contributed by atoms with Crippen LogP contribution in [0.1, 0.15) is 50.3 Å². The fraction of sp³-hybridized carbons (Fsp3) is 0.667. The summed E-state index contributed by atoms with van der Waals surface area (Å²) in [4.78, 5) is 22.7. The summed E-state index contributed by atoms with van der Waals surface area (Å²) in [5.41, 5.74) is 1.52. The Hall–Kier alpha value is -1.65. The molecule has 1 aromatic heterocycles. The van der Waals surface area contributed by atoms with Gasteiger partial charge in [-0.1, -0.05) is 13.3 Å². The van der Waals surface area contributed by atoms with Gasteiger partial charge in [0.2, 0.25) is 0 Å². The Morgan fingerprint density at radius 1 is 1.40 bits per heavy atom. The van der Waals surface area contributed by atoms with E-state index in [1.165, 1.54) is 5.56 Å². The Morgan fingerprint density at radius 2 is 2.25 bits per heavy atom. The third kappa shape index (κ3) is 1.87. The highest BCUT2D eigenvalue weighted by atomic mass is 16.4. The monoisotopic (exact) mass is 275 g/mol. The molecule has 0 spiro atoms. The molecule has 1 atom stereocenters. The van der Waals surface area contributed by atoms with Crippen molar-refractivity contribution in [3.05, 3.63) is 17.6 Å². The number of hydrogen-bond acceptors (Lipinski definition) is 4. The Kier molecular flexibility index (Phi) is 3.36. The van der Waals surface area contributed by atoms with E-state index < -0.39 is 11.5 Å². The first-order valence-corrected chi connectivity index (χ1v) is 7.53. The van der Waals surface area contributed by atoms with Crippen molar-refractivity contribution in [1.29, 1.82) is 0 Å². The fourth-order valence-corrected chi connectivity index (χ4v) is 3.76. The van der Waals surface area contributed by atoms with E-state index in [-0.39, 0.29) is 0 Å². The number of hydrogen-bond donors (Lipinski definition) is 1. The van der Waals surface area contributed by atoms with Crippen LogP contribution in [-0.2, 0) is 17.6 Å². The zero-order valence-corrected chi connectivity index (χ0v) is 11.9. The van der Waals surface area contributed by atoms with Gasteiger partial charge < -0.3 is 10.0 Å². The van der Waals surface area contributed by atoms with E-state index in [1.807, 2.05) is 11.8 Å². The lowest BCUT2D eigenvalue weighted by Gasteiger charge is -2.36. The predicted molar refractivity (Wildman–Crippen MR) is 75.9 cm³/mol. The largest absolute Gasteiger partial charge is 0.479 e. The molecule has 2 heterocycles. The van der Waals surface area contributed by atoms with Crippen LogP contribution in [0.25, 0.3) is 0 Å². The van der Waals surface area contributed by atoms with Crippen molar-refractivity contribution in [2.24, 2.45) is 0 Å². The molecule has 20 heavy (non-hydrogen) atoms. The molecule has 0 saturated carbocycles. The highest BCUT2D eigenvalue weighted by molar-refractivity contribution is 5.84. The first-order chi connectivity index (χ1) is 9.69. The molecule has 1 N–H and O–H groups in total. The van der Waals surface area contributed by atoms with Crippen LogP contribution in [0.15, 0.2) is 6.33 Å². The van der Waals surface area contributed by atoms with Crippen LogP contribution in [0.2, 0.25) is 0 Å². The van der Waals surface area contributed by atoms with Crippen LogP contribution in [0.5, 0.6) is 0 Å². The molecular formula is C15H21N3O2. The smallest absolute Gasteiger partial charge is 0.329 e. The van der Waals surface area contributed by atoms with Crippen LogP contribution in [-0.4, -0.2) is 33.1 Å². The van der Waals surface area contributed by atoms with Gasteiger partial charge in [0.05, 0.1) is 0 Å². The highest BCUT2D eigenvalue weighted by Gasteiger charge is 2.48. The average Bonchev–Trinajstić information content (AvgIpc) is 3.05. The van der Waals surface area contributed by atoms with Crippen molar-refractivity contribution in [3.63, 3.8) is 0 Å². The van der Waals surface area contributed by atoms with Gasteiger partial charge in [-0.2, -0.15) is 0 Å². The minimum atomic E-state index is -0.764. The van der Waals surface area contributed by atoms with Crippen LogP contribution in [0.4, 0.5) is 5.82 Å². The fourth-order valence-electron chi connectivity index (χ4n) is 3.76. The van der Waals surface area contributed by atoms with Gasteiger partial charge >= 0.3 is 5.97 Å². The van der Waals surface area contributed by atoms with Crippen LogP contribution < -0.4 is 4.90 Å². The Bertz CT molecular complexity index is 532. The van der Waals surface area contributed by atoms with Gasteiger partial charge in [-0.15, -0.1) is 0 Å². The average molecular weight is 275 g/mol. The topological polar surface area (TPSA) is 66.3 Å². The third-order valence-electron chi connectivity index (χ3n) is 4.66. The molecule has 2 aliphatic rings. The molecular weight excluding hydrogens is 254 g/mol. The first-order valence-electron chi connectivity index (χ1n) is 7.53. The summed E-state index contributed by atoms with van der Waals surface area (Å²) in [6.07, 6.45) is 7.85. The predicted octanol–water partition coefficient (Wildman–Crippen LogP) is 2.19. The maximum Gasteiger partial charge on any atom is 0.329 e. The number of aliphatic carboxylic acids is 1. The molecule has 3 rings (SSSR count). The molecule has 1 aliphatic heterocycles. The second kappa shape index (κ2) is 5.04. The number of anilines is 1. The Morgan fingerprint density at radius 3 is 3.00 bits per heavy atom. The Balaban J connectivity index is 2.04. The number of carboxylic acids is 1. The molecule has 0 amide bonds. The Labute approximate surface area is 119 Å². The van der Waals surface area contributed by atoms with E-state index in [0.29, 0.717) is 6.42 Å². The minimum Gasteiger partial charge on any atom is -0.479 e. The quantitative estimate of drug-likeness (QED) is 0.912. The van der Waals surface area contributed by atoms with E-state index in [1.54, 1.807) is 6.33 Å². The van der Waals surface area contributed by atoms with Gasteiger partial charge in [-0.25, -0.2) is 14.8 Å². The number of nitrogens with zero attached hydrogens (tertiary/aromatic N) is 3. The minimum absolute atomic E-state index is 0.682.